The summed E-state index contributed by atoms with van der Waals surface area (Å²) in [6.07, 6.45) is 0.0640. The van der Waals surface area contributed by atoms with Crippen molar-refractivity contribution in [2.75, 3.05) is 6.54 Å². The molecule has 0 fully saturated rings. The van der Waals surface area contributed by atoms with Crippen molar-refractivity contribution in [3.05, 3.63) is 62.0 Å². The van der Waals surface area contributed by atoms with Crippen molar-refractivity contribution in [3.63, 3.8) is 0 Å². The maximum atomic E-state index is 12.7. The summed E-state index contributed by atoms with van der Waals surface area (Å²) < 4.78 is 38.2. The van der Waals surface area contributed by atoms with Gasteiger partial charge in [0.2, 0.25) is 5.91 Å². The first-order valence-corrected chi connectivity index (χ1v) is 11.1. The van der Waals surface area contributed by atoms with Gasteiger partial charge in [0.1, 0.15) is 10.7 Å². The molecule has 1 aliphatic carbocycles. The molecule has 0 unspecified atom stereocenters. The maximum absolute atomic E-state index is 12.7. The molecule has 9 heteroatoms. The summed E-state index contributed by atoms with van der Waals surface area (Å²) in [5, 5.41) is 3.29. The van der Waals surface area contributed by atoms with Gasteiger partial charge in [0.15, 0.2) is 0 Å². The summed E-state index contributed by atoms with van der Waals surface area (Å²) in [7, 11) is 0. The number of carbonyl (C=O) groups is 1. The Morgan fingerprint density at radius 3 is 2.88 bits per heavy atom. The van der Waals surface area contributed by atoms with Crippen LogP contribution in [-0.2, 0) is 30.2 Å². The molecule has 0 saturated heterocycles. The first-order valence-electron chi connectivity index (χ1n) is 10.3. The summed E-state index contributed by atoms with van der Waals surface area (Å²) in [6.45, 7) is 0.00963. The molecule has 166 valence electrons. The molecule has 32 heavy (non-hydrogen) atoms. The van der Waals surface area contributed by atoms with E-state index < -0.39 is 11.7 Å². The number of H-pyrrole nitrogens is 1. The lowest BCUT2D eigenvalue weighted by molar-refractivity contribution is -0.137. The number of aryl methyl sites for hydroxylation is 3. The Bertz CT molecular complexity index is 1280. The molecule has 2 N–H and O–H groups in total. The van der Waals surface area contributed by atoms with E-state index >= 15 is 0 Å². The van der Waals surface area contributed by atoms with Crippen LogP contribution in [0.4, 0.5) is 13.2 Å². The number of rotatable bonds is 4. The number of amides is 1. The second-order valence-electron chi connectivity index (χ2n) is 7.56. The van der Waals surface area contributed by atoms with Crippen LogP contribution in [0, 0.1) is 11.8 Å². The van der Waals surface area contributed by atoms with Crippen molar-refractivity contribution in [1.29, 1.82) is 0 Å². The number of benzene rings is 1. The molecule has 5 nitrogen and oxygen atoms in total. The van der Waals surface area contributed by atoms with E-state index in [1.807, 2.05) is 0 Å². The summed E-state index contributed by atoms with van der Waals surface area (Å²) in [6, 6.07) is 4.72. The lowest BCUT2D eigenvalue weighted by Crippen LogP contribution is -2.24. The highest BCUT2D eigenvalue weighted by Gasteiger charge is 2.30. The number of hydrogen-bond acceptors (Lipinski definition) is 4. The summed E-state index contributed by atoms with van der Waals surface area (Å²) in [4.78, 5) is 33.9. The Labute approximate surface area is 186 Å². The fourth-order valence-electron chi connectivity index (χ4n) is 3.71. The number of alkyl halides is 3. The third kappa shape index (κ3) is 5.02. The molecule has 1 aliphatic rings. The molecule has 1 amide bonds. The molecule has 0 saturated carbocycles. The van der Waals surface area contributed by atoms with Gasteiger partial charge in [0.05, 0.1) is 17.5 Å². The van der Waals surface area contributed by atoms with Gasteiger partial charge in [-0.05, 0) is 49.4 Å². The van der Waals surface area contributed by atoms with Crippen LogP contribution in [0.3, 0.4) is 0 Å². The van der Waals surface area contributed by atoms with E-state index in [1.165, 1.54) is 17.0 Å². The van der Waals surface area contributed by atoms with Gasteiger partial charge in [-0.3, -0.25) is 9.59 Å². The zero-order chi connectivity index (χ0) is 22.7. The number of carbonyl (C=O) groups excluding carboxylic acids is 1. The maximum Gasteiger partial charge on any atom is 0.416 e. The van der Waals surface area contributed by atoms with E-state index in [0.29, 0.717) is 11.2 Å². The van der Waals surface area contributed by atoms with Gasteiger partial charge < -0.3 is 10.3 Å². The Balaban J connectivity index is 1.33. The van der Waals surface area contributed by atoms with Crippen LogP contribution in [0.25, 0.3) is 10.2 Å². The van der Waals surface area contributed by atoms with E-state index in [-0.39, 0.29) is 36.4 Å². The van der Waals surface area contributed by atoms with Gasteiger partial charge in [-0.2, -0.15) is 13.2 Å². The average molecular weight is 459 g/mol. The number of hydrogen-bond donors (Lipinski definition) is 2. The number of aromatic amines is 1. The molecule has 0 aliphatic heterocycles. The van der Waals surface area contributed by atoms with Crippen molar-refractivity contribution in [2.45, 2.75) is 44.7 Å². The predicted octanol–water partition coefficient (Wildman–Crippen LogP) is 3.98. The molecule has 4 rings (SSSR count). The van der Waals surface area contributed by atoms with E-state index in [9.17, 15) is 22.8 Å². The molecule has 2 aromatic heterocycles. The van der Waals surface area contributed by atoms with Crippen LogP contribution in [-0.4, -0.2) is 22.4 Å². The highest BCUT2D eigenvalue weighted by molar-refractivity contribution is 7.18. The Morgan fingerprint density at radius 2 is 2.06 bits per heavy atom. The lowest BCUT2D eigenvalue weighted by atomic mass is 9.97. The number of aromatic nitrogens is 2. The van der Waals surface area contributed by atoms with Crippen LogP contribution >= 0.6 is 11.3 Å². The highest BCUT2D eigenvalue weighted by Crippen LogP contribution is 2.33. The minimum Gasteiger partial charge on any atom is -0.345 e. The fraction of sp³-hybridized carbons (Fsp3) is 0.348. The van der Waals surface area contributed by atoms with Crippen molar-refractivity contribution >= 4 is 27.5 Å². The predicted molar refractivity (Wildman–Crippen MR) is 117 cm³/mol. The number of nitrogens with zero attached hydrogens (tertiary/aromatic N) is 1. The van der Waals surface area contributed by atoms with E-state index in [2.05, 4.69) is 27.1 Å². The molecule has 2 heterocycles. The van der Waals surface area contributed by atoms with Crippen molar-refractivity contribution in [2.24, 2.45) is 0 Å². The molecule has 0 radical (unpaired) electrons. The van der Waals surface area contributed by atoms with Gasteiger partial charge in [-0.1, -0.05) is 17.9 Å². The van der Waals surface area contributed by atoms with Crippen LogP contribution in [0.15, 0.2) is 29.1 Å². The van der Waals surface area contributed by atoms with Gasteiger partial charge >= 0.3 is 6.18 Å². The first-order chi connectivity index (χ1) is 15.3. The SMILES string of the molecule is O=C(CCc1nc2sc3c(c2c(=O)[nH]1)CCCC3)NCC#Cc1cccc(C(F)(F)F)c1. The quantitative estimate of drug-likeness (QED) is 0.580. The van der Waals surface area contributed by atoms with Crippen LogP contribution in [0.5, 0.6) is 0 Å². The minimum absolute atomic E-state index is 0.00963. The summed E-state index contributed by atoms with van der Waals surface area (Å²) >= 11 is 1.56. The fourth-order valence-corrected chi connectivity index (χ4v) is 4.99. The molecule has 0 bridgehead atoms. The number of fused-ring (bicyclic) bond motifs is 3. The summed E-state index contributed by atoms with van der Waals surface area (Å²) in [5.74, 6) is 5.45. The van der Waals surface area contributed by atoms with E-state index in [4.69, 9.17) is 0 Å². The molecule has 3 aromatic rings. The molecular weight excluding hydrogens is 439 g/mol. The number of nitrogens with one attached hydrogen (secondary N) is 2. The molecule has 0 atom stereocenters. The Kier molecular flexibility index (Phi) is 6.33. The Hall–Kier alpha value is -3.12. The van der Waals surface area contributed by atoms with E-state index in [1.54, 1.807) is 11.3 Å². The van der Waals surface area contributed by atoms with Gasteiger partial charge in [-0.25, -0.2) is 4.98 Å². The van der Waals surface area contributed by atoms with Crippen LogP contribution < -0.4 is 10.9 Å². The van der Waals surface area contributed by atoms with Crippen LogP contribution in [0.2, 0.25) is 0 Å². The lowest BCUT2D eigenvalue weighted by Gasteiger charge is -2.09. The van der Waals surface area contributed by atoms with Crippen LogP contribution in [0.1, 0.15) is 46.7 Å². The third-order valence-electron chi connectivity index (χ3n) is 5.26. The molecule has 1 aromatic carbocycles. The van der Waals surface area contributed by atoms with E-state index in [0.717, 1.165) is 48.2 Å². The Morgan fingerprint density at radius 1 is 1.25 bits per heavy atom. The third-order valence-corrected chi connectivity index (χ3v) is 6.45. The first kappa shape index (κ1) is 22.1. The van der Waals surface area contributed by atoms with Crippen molar-refractivity contribution < 1.29 is 18.0 Å². The normalized spacial score (nSPS) is 13.3. The molecule has 0 spiro atoms. The second-order valence-corrected chi connectivity index (χ2v) is 8.64. The summed E-state index contributed by atoms with van der Waals surface area (Å²) in [5.41, 5.74) is 0.423. The van der Waals surface area contributed by atoms with Crippen molar-refractivity contribution in [3.8, 4) is 11.8 Å². The monoisotopic (exact) mass is 459 g/mol. The number of thiophene rings is 1. The van der Waals surface area contributed by atoms with Gasteiger partial charge in [-0.15, -0.1) is 11.3 Å². The highest BCUT2D eigenvalue weighted by atomic mass is 32.1. The van der Waals surface area contributed by atoms with Gasteiger partial charge in [0.25, 0.3) is 5.56 Å². The largest absolute Gasteiger partial charge is 0.416 e. The standard InChI is InChI=1S/C23H20F3N3O2S/c24-23(25,26)15-7-3-5-14(13-15)6-4-12-27-19(30)11-10-18-28-21(31)20-16-8-1-2-9-17(16)32-22(20)29-18/h3,5,7,13H,1-2,8-12H2,(H,27,30)(H,28,29,31). The topological polar surface area (TPSA) is 74.8 Å². The molecular formula is C23H20F3N3O2S. The zero-order valence-corrected chi connectivity index (χ0v) is 17.9. The second kappa shape index (κ2) is 9.17. The zero-order valence-electron chi connectivity index (χ0n) is 17.1. The number of halogens is 3. The van der Waals surface area contributed by atoms with Gasteiger partial charge in [0, 0.05) is 23.3 Å². The van der Waals surface area contributed by atoms with Crippen molar-refractivity contribution in [1.82, 2.24) is 15.3 Å². The minimum atomic E-state index is -4.42. The average Bonchev–Trinajstić information content (AvgIpc) is 3.14. The smallest absolute Gasteiger partial charge is 0.345 e.